The van der Waals surface area contributed by atoms with E-state index in [9.17, 15) is 9.90 Å². The molecule has 0 spiro atoms. The van der Waals surface area contributed by atoms with Crippen molar-refractivity contribution in [3.8, 4) is 0 Å². The second-order valence-electron chi connectivity index (χ2n) is 6.72. The smallest absolute Gasteiger partial charge is 0.142 e. The van der Waals surface area contributed by atoms with Crippen LogP contribution < -0.4 is 0 Å². The lowest BCUT2D eigenvalue weighted by Crippen LogP contribution is -2.49. The number of ketones is 1. The normalized spacial score (nSPS) is 58.8. The monoisotopic (exact) mass is 220 g/mol. The van der Waals surface area contributed by atoms with Crippen molar-refractivity contribution in [2.75, 3.05) is 0 Å². The van der Waals surface area contributed by atoms with Gasteiger partial charge in [0.05, 0.1) is 5.60 Å². The molecule has 0 aromatic heterocycles. The van der Waals surface area contributed by atoms with Crippen LogP contribution in [0.25, 0.3) is 0 Å². The van der Waals surface area contributed by atoms with Gasteiger partial charge in [0.2, 0.25) is 0 Å². The van der Waals surface area contributed by atoms with Gasteiger partial charge in [0.15, 0.2) is 0 Å². The quantitative estimate of drug-likeness (QED) is 0.735. The third-order valence-corrected chi connectivity index (χ3v) is 6.06. The van der Waals surface area contributed by atoms with Crippen molar-refractivity contribution in [3.05, 3.63) is 0 Å². The molecule has 4 fully saturated rings. The van der Waals surface area contributed by atoms with Crippen LogP contribution >= 0.6 is 0 Å². The minimum Gasteiger partial charge on any atom is -0.389 e. The first kappa shape index (κ1) is 9.64. The summed E-state index contributed by atoms with van der Waals surface area (Å²) in [5, 5.41) is 11.0. The number of fused-ring (bicyclic) bond motifs is 4. The van der Waals surface area contributed by atoms with Crippen molar-refractivity contribution < 1.29 is 9.90 Å². The molecular weight excluding hydrogens is 200 g/mol. The van der Waals surface area contributed by atoms with Crippen molar-refractivity contribution >= 4 is 5.78 Å². The molecule has 0 saturated heterocycles. The van der Waals surface area contributed by atoms with Gasteiger partial charge in [-0.2, -0.15) is 0 Å². The van der Waals surface area contributed by atoms with Crippen LogP contribution in [0.1, 0.15) is 44.9 Å². The Morgan fingerprint density at radius 3 is 2.56 bits per heavy atom. The molecule has 16 heavy (non-hydrogen) atoms. The second kappa shape index (κ2) is 2.90. The highest BCUT2D eigenvalue weighted by molar-refractivity contribution is 5.88. The van der Waals surface area contributed by atoms with E-state index in [2.05, 4.69) is 0 Å². The van der Waals surface area contributed by atoms with Crippen molar-refractivity contribution in [2.45, 2.75) is 50.5 Å². The first-order chi connectivity index (χ1) is 7.68. The highest BCUT2D eigenvalue weighted by atomic mass is 16.3. The van der Waals surface area contributed by atoms with Gasteiger partial charge in [-0.15, -0.1) is 0 Å². The van der Waals surface area contributed by atoms with E-state index in [4.69, 9.17) is 0 Å². The van der Waals surface area contributed by atoms with E-state index < -0.39 is 5.60 Å². The van der Waals surface area contributed by atoms with Crippen LogP contribution in [-0.2, 0) is 4.79 Å². The van der Waals surface area contributed by atoms with Gasteiger partial charge in [-0.3, -0.25) is 4.79 Å². The van der Waals surface area contributed by atoms with E-state index in [0.29, 0.717) is 23.5 Å². The van der Waals surface area contributed by atoms with Crippen LogP contribution in [-0.4, -0.2) is 16.5 Å². The first-order valence-electron chi connectivity index (χ1n) is 6.94. The summed E-state index contributed by atoms with van der Waals surface area (Å²) < 4.78 is 0. The maximum Gasteiger partial charge on any atom is 0.142 e. The molecule has 0 amide bonds. The molecule has 4 bridgehead atoms. The van der Waals surface area contributed by atoms with E-state index in [1.165, 1.54) is 25.7 Å². The van der Waals surface area contributed by atoms with Crippen LogP contribution in [0.2, 0.25) is 0 Å². The zero-order valence-electron chi connectivity index (χ0n) is 9.69. The summed E-state index contributed by atoms with van der Waals surface area (Å²) in [5.41, 5.74) is -0.583. The Bertz CT molecular complexity index is 351. The second-order valence-corrected chi connectivity index (χ2v) is 6.72. The van der Waals surface area contributed by atoms with Crippen molar-refractivity contribution in [1.82, 2.24) is 0 Å². The SMILES string of the molecule is O=C1[C@@H]2CC[C@@H](C2)[C@H]1[C@]1(O)C[C@H]2CC[C@@H]1C2. The molecule has 0 heterocycles. The lowest BCUT2D eigenvalue weighted by molar-refractivity contribution is -0.142. The van der Waals surface area contributed by atoms with Gasteiger partial charge >= 0.3 is 0 Å². The number of carbonyl (C=O) groups is 1. The summed E-state index contributed by atoms with van der Waals surface area (Å²) in [6, 6.07) is 0. The number of hydrogen-bond acceptors (Lipinski definition) is 2. The Labute approximate surface area is 96.4 Å². The van der Waals surface area contributed by atoms with Gasteiger partial charge < -0.3 is 5.11 Å². The van der Waals surface area contributed by atoms with Gasteiger partial charge in [0, 0.05) is 11.8 Å². The summed E-state index contributed by atoms with van der Waals surface area (Å²) in [6.45, 7) is 0. The minimum atomic E-state index is -0.583. The summed E-state index contributed by atoms with van der Waals surface area (Å²) in [4.78, 5) is 12.3. The minimum absolute atomic E-state index is 0.0292. The zero-order valence-corrected chi connectivity index (χ0v) is 9.69. The highest BCUT2D eigenvalue weighted by Gasteiger charge is 2.62. The van der Waals surface area contributed by atoms with Gasteiger partial charge in [0.25, 0.3) is 0 Å². The Hall–Kier alpha value is -0.370. The van der Waals surface area contributed by atoms with Crippen LogP contribution in [0.15, 0.2) is 0 Å². The Kier molecular flexibility index (Phi) is 1.75. The molecule has 1 N–H and O–H groups in total. The topological polar surface area (TPSA) is 37.3 Å². The highest BCUT2D eigenvalue weighted by Crippen LogP contribution is 2.60. The van der Waals surface area contributed by atoms with E-state index in [1.54, 1.807) is 0 Å². The van der Waals surface area contributed by atoms with E-state index in [1.807, 2.05) is 0 Å². The van der Waals surface area contributed by atoms with E-state index in [0.717, 1.165) is 25.2 Å². The molecule has 0 unspecified atom stereocenters. The maximum atomic E-state index is 12.3. The van der Waals surface area contributed by atoms with E-state index >= 15 is 0 Å². The van der Waals surface area contributed by atoms with Crippen LogP contribution in [0.5, 0.6) is 0 Å². The summed E-state index contributed by atoms with van der Waals surface area (Å²) >= 11 is 0. The molecule has 4 saturated carbocycles. The third-order valence-electron chi connectivity index (χ3n) is 6.06. The number of Topliss-reactive ketones (excluding diaryl/α,β-unsaturated/α-hetero) is 1. The van der Waals surface area contributed by atoms with Gasteiger partial charge in [0.1, 0.15) is 5.78 Å². The number of rotatable bonds is 1. The van der Waals surface area contributed by atoms with Crippen LogP contribution in [0.4, 0.5) is 0 Å². The number of carbonyl (C=O) groups excluding carboxylic acids is 1. The van der Waals surface area contributed by atoms with Crippen molar-refractivity contribution in [3.63, 3.8) is 0 Å². The molecule has 0 aromatic rings. The van der Waals surface area contributed by atoms with Crippen LogP contribution in [0.3, 0.4) is 0 Å². The Morgan fingerprint density at radius 2 is 2.00 bits per heavy atom. The molecule has 0 aromatic carbocycles. The predicted octanol–water partition coefficient (Wildman–Crippen LogP) is 2.15. The van der Waals surface area contributed by atoms with Crippen LogP contribution in [0, 0.1) is 29.6 Å². The predicted molar refractivity (Wildman–Crippen MR) is 59.7 cm³/mol. The lowest BCUT2D eigenvalue weighted by Gasteiger charge is -2.40. The Morgan fingerprint density at radius 1 is 1.12 bits per heavy atom. The molecule has 0 aliphatic heterocycles. The average Bonchev–Trinajstić information content (AvgIpc) is 2.92. The largest absolute Gasteiger partial charge is 0.389 e. The number of hydrogen-bond donors (Lipinski definition) is 1. The summed E-state index contributed by atoms with van der Waals surface area (Å²) in [6.07, 6.45) is 7.97. The number of aliphatic hydroxyl groups is 1. The Balaban J connectivity index is 1.68. The lowest BCUT2D eigenvalue weighted by atomic mass is 9.68. The van der Waals surface area contributed by atoms with Gasteiger partial charge in [-0.1, -0.05) is 0 Å². The standard InChI is InChI=1S/C14H20O2/c15-13-10-3-2-9(6-10)12(13)14(16)7-8-1-4-11(14)5-8/h8-12,16H,1-7H2/t8-,9-,10+,11+,12+,14-/m0/s1. The van der Waals surface area contributed by atoms with E-state index in [-0.39, 0.29) is 5.92 Å². The summed E-state index contributed by atoms with van der Waals surface area (Å²) in [5.74, 6) is 2.47. The molecule has 2 heteroatoms. The fraction of sp³-hybridized carbons (Fsp3) is 0.929. The van der Waals surface area contributed by atoms with Gasteiger partial charge in [-0.25, -0.2) is 0 Å². The van der Waals surface area contributed by atoms with Crippen molar-refractivity contribution in [1.29, 1.82) is 0 Å². The van der Waals surface area contributed by atoms with Crippen molar-refractivity contribution in [2.24, 2.45) is 29.6 Å². The molecule has 4 aliphatic carbocycles. The molecule has 0 radical (unpaired) electrons. The van der Waals surface area contributed by atoms with Gasteiger partial charge in [-0.05, 0) is 62.7 Å². The third kappa shape index (κ3) is 1.000. The molecule has 4 rings (SSSR count). The fourth-order valence-electron chi connectivity index (χ4n) is 5.44. The summed E-state index contributed by atoms with van der Waals surface area (Å²) in [7, 11) is 0. The molecular formula is C14H20O2. The zero-order chi connectivity index (χ0) is 10.9. The molecule has 2 nitrogen and oxygen atoms in total. The average molecular weight is 220 g/mol. The maximum absolute atomic E-state index is 12.3. The fourth-order valence-corrected chi connectivity index (χ4v) is 5.44. The molecule has 88 valence electrons. The molecule has 4 aliphatic rings. The first-order valence-corrected chi connectivity index (χ1v) is 6.94. The molecule has 6 atom stereocenters.